The Morgan fingerprint density at radius 1 is 1.27 bits per heavy atom. The summed E-state index contributed by atoms with van der Waals surface area (Å²) in [5.41, 5.74) is 1.27. The molecule has 1 aliphatic rings. The Morgan fingerprint density at radius 2 is 1.96 bits per heavy atom. The van der Waals surface area contributed by atoms with Crippen LogP contribution in [0.1, 0.15) is 53.8 Å². The number of aliphatic carboxylic acids is 1. The molecular formula is C19H22FN3O3. The van der Waals surface area contributed by atoms with E-state index < -0.39 is 23.2 Å². The first-order valence-electron chi connectivity index (χ1n) is 8.67. The van der Waals surface area contributed by atoms with Gasteiger partial charge >= 0.3 is 5.97 Å². The number of rotatable bonds is 5. The molecule has 0 aliphatic heterocycles. The molecule has 1 fully saturated rings. The number of nitrogens with one attached hydrogen (secondary N) is 1. The molecule has 1 aromatic heterocycles. The summed E-state index contributed by atoms with van der Waals surface area (Å²) in [6.07, 6.45) is 2.87. The van der Waals surface area contributed by atoms with Crippen molar-refractivity contribution in [3.63, 3.8) is 0 Å². The molecule has 1 saturated carbocycles. The maximum atomic E-state index is 14.6. The monoisotopic (exact) mass is 359 g/mol. The van der Waals surface area contributed by atoms with Crippen LogP contribution in [0.25, 0.3) is 5.69 Å². The first kappa shape index (κ1) is 18.1. The van der Waals surface area contributed by atoms with Gasteiger partial charge in [0.25, 0.3) is 5.91 Å². The number of hydrogen-bond donors (Lipinski definition) is 2. The van der Waals surface area contributed by atoms with Gasteiger partial charge in [0, 0.05) is 11.3 Å². The zero-order chi connectivity index (χ0) is 18.9. The van der Waals surface area contributed by atoms with Crippen molar-refractivity contribution in [2.45, 2.75) is 51.5 Å². The molecule has 26 heavy (non-hydrogen) atoms. The van der Waals surface area contributed by atoms with Gasteiger partial charge in [0.1, 0.15) is 11.5 Å². The standard InChI is InChI=1S/C19H22FN3O3/c1-12-9-13(2)23(22-12)16-6-5-14(10-15(16)20)18(26)21-19(11-17(24)25)7-3-4-8-19/h5-6,9-10H,3-4,7-8,11H2,1-2H3,(H,21,26)(H,24,25). The minimum atomic E-state index is -0.946. The van der Waals surface area contributed by atoms with E-state index in [1.807, 2.05) is 19.9 Å². The van der Waals surface area contributed by atoms with Gasteiger partial charge in [-0.1, -0.05) is 12.8 Å². The van der Waals surface area contributed by atoms with Gasteiger partial charge in [0.2, 0.25) is 0 Å². The van der Waals surface area contributed by atoms with E-state index in [1.165, 1.54) is 22.9 Å². The van der Waals surface area contributed by atoms with E-state index in [9.17, 15) is 14.0 Å². The fourth-order valence-electron chi connectivity index (χ4n) is 3.69. The van der Waals surface area contributed by atoms with Crippen molar-refractivity contribution in [3.05, 3.63) is 47.0 Å². The number of carboxylic acid groups (broad SMARTS) is 1. The number of aryl methyl sites for hydroxylation is 2. The van der Waals surface area contributed by atoms with Gasteiger partial charge in [-0.15, -0.1) is 0 Å². The minimum Gasteiger partial charge on any atom is -0.481 e. The van der Waals surface area contributed by atoms with Crippen LogP contribution in [-0.2, 0) is 4.79 Å². The number of carbonyl (C=O) groups is 2. The van der Waals surface area contributed by atoms with Crippen LogP contribution in [-0.4, -0.2) is 32.3 Å². The lowest BCUT2D eigenvalue weighted by molar-refractivity contribution is -0.138. The second-order valence-electron chi connectivity index (χ2n) is 7.02. The molecule has 0 bridgehead atoms. The molecular weight excluding hydrogens is 337 g/mol. The predicted octanol–water partition coefficient (Wildman–Crippen LogP) is 3.15. The van der Waals surface area contributed by atoms with Crippen LogP contribution in [0.15, 0.2) is 24.3 Å². The molecule has 0 saturated heterocycles. The Morgan fingerprint density at radius 3 is 2.50 bits per heavy atom. The zero-order valence-corrected chi connectivity index (χ0v) is 14.9. The number of aromatic nitrogens is 2. The largest absolute Gasteiger partial charge is 0.481 e. The number of nitrogens with zero attached hydrogens (tertiary/aromatic N) is 2. The Labute approximate surface area is 151 Å². The first-order valence-corrected chi connectivity index (χ1v) is 8.67. The molecule has 0 radical (unpaired) electrons. The molecule has 0 atom stereocenters. The van der Waals surface area contributed by atoms with E-state index in [1.54, 1.807) is 0 Å². The van der Waals surface area contributed by atoms with Crippen LogP contribution in [0.4, 0.5) is 4.39 Å². The summed E-state index contributed by atoms with van der Waals surface area (Å²) in [5.74, 6) is -1.95. The highest BCUT2D eigenvalue weighted by Gasteiger charge is 2.37. The van der Waals surface area contributed by atoms with Crippen molar-refractivity contribution in [3.8, 4) is 5.69 Å². The van der Waals surface area contributed by atoms with Gasteiger partial charge in [0.05, 0.1) is 17.7 Å². The van der Waals surface area contributed by atoms with E-state index >= 15 is 0 Å². The van der Waals surface area contributed by atoms with Gasteiger partial charge in [0.15, 0.2) is 0 Å². The molecule has 1 heterocycles. The summed E-state index contributed by atoms with van der Waals surface area (Å²) >= 11 is 0. The van der Waals surface area contributed by atoms with Crippen LogP contribution in [0, 0.1) is 19.7 Å². The third-order valence-corrected chi connectivity index (χ3v) is 4.88. The smallest absolute Gasteiger partial charge is 0.305 e. The summed E-state index contributed by atoms with van der Waals surface area (Å²) < 4.78 is 16.1. The lowest BCUT2D eigenvalue weighted by Gasteiger charge is -2.28. The summed E-state index contributed by atoms with van der Waals surface area (Å²) in [5, 5.41) is 16.2. The topological polar surface area (TPSA) is 84.2 Å². The minimum absolute atomic E-state index is 0.120. The average molecular weight is 359 g/mol. The fraction of sp³-hybridized carbons (Fsp3) is 0.421. The van der Waals surface area contributed by atoms with E-state index in [-0.39, 0.29) is 17.7 Å². The molecule has 2 N–H and O–H groups in total. The molecule has 2 aromatic rings. The predicted molar refractivity (Wildman–Crippen MR) is 93.9 cm³/mol. The average Bonchev–Trinajstić information content (AvgIpc) is 3.13. The lowest BCUT2D eigenvalue weighted by atomic mass is 9.92. The molecule has 3 rings (SSSR count). The number of halogens is 1. The summed E-state index contributed by atoms with van der Waals surface area (Å²) in [6.45, 7) is 3.66. The molecule has 1 aliphatic carbocycles. The quantitative estimate of drug-likeness (QED) is 0.859. The van der Waals surface area contributed by atoms with Crippen molar-refractivity contribution in [2.75, 3.05) is 0 Å². The Kier molecular flexibility index (Phi) is 4.80. The second-order valence-corrected chi connectivity index (χ2v) is 7.02. The Hall–Kier alpha value is -2.70. The van der Waals surface area contributed by atoms with Crippen molar-refractivity contribution in [1.29, 1.82) is 0 Å². The van der Waals surface area contributed by atoms with Crippen molar-refractivity contribution in [2.24, 2.45) is 0 Å². The normalized spacial score (nSPS) is 15.8. The van der Waals surface area contributed by atoms with Crippen molar-refractivity contribution < 1.29 is 19.1 Å². The highest BCUT2D eigenvalue weighted by molar-refractivity contribution is 5.95. The molecule has 1 amide bonds. The SMILES string of the molecule is Cc1cc(C)n(-c2ccc(C(=O)NC3(CC(=O)O)CCCC3)cc2F)n1. The van der Waals surface area contributed by atoms with E-state index in [0.717, 1.165) is 24.2 Å². The first-order chi connectivity index (χ1) is 12.3. The van der Waals surface area contributed by atoms with Crippen LogP contribution >= 0.6 is 0 Å². The highest BCUT2D eigenvalue weighted by Crippen LogP contribution is 2.33. The van der Waals surface area contributed by atoms with Gasteiger partial charge in [-0.05, 0) is 51.0 Å². The Balaban J connectivity index is 1.83. The fourth-order valence-corrected chi connectivity index (χ4v) is 3.69. The maximum absolute atomic E-state index is 14.6. The molecule has 138 valence electrons. The number of benzene rings is 1. The molecule has 0 unspecified atom stereocenters. The maximum Gasteiger partial charge on any atom is 0.305 e. The Bertz CT molecular complexity index is 854. The number of carbonyl (C=O) groups excluding carboxylic acids is 1. The summed E-state index contributed by atoms with van der Waals surface area (Å²) in [4.78, 5) is 23.7. The third kappa shape index (κ3) is 3.61. The number of carboxylic acids is 1. The third-order valence-electron chi connectivity index (χ3n) is 4.88. The van der Waals surface area contributed by atoms with E-state index in [4.69, 9.17) is 5.11 Å². The van der Waals surface area contributed by atoms with Gasteiger partial charge < -0.3 is 10.4 Å². The van der Waals surface area contributed by atoms with Crippen molar-refractivity contribution >= 4 is 11.9 Å². The number of hydrogen-bond acceptors (Lipinski definition) is 3. The highest BCUT2D eigenvalue weighted by atomic mass is 19.1. The molecule has 7 heteroatoms. The summed E-state index contributed by atoms with van der Waals surface area (Å²) in [7, 11) is 0. The van der Waals surface area contributed by atoms with Crippen molar-refractivity contribution in [1.82, 2.24) is 15.1 Å². The van der Waals surface area contributed by atoms with Crippen LogP contribution in [0.5, 0.6) is 0 Å². The zero-order valence-electron chi connectivity index (χ0n) is 14.9. The van der Waals surface area contributed by atoms with Crippen LogP contribution in [0.3, 0.4) is 0 Å². The van der Waals surface area contributed by atoms with E-state index in [2.05, 4.69) is 10.4 Å². The van der Waals surface area contributed by atoms with E-state index in [0.29, 0.717) is 12.8 Å². The second kappa shape index (κ2) is 6.90. The van der Waals surface area contributed by atoms with Crippen LogP contribution < -0.4 is 5.32 Å². The molecule has 1 aromatic carbocycles. The molecule has 6 nitrogen and oxygen atoms in total. The van der Waals surface area contributed by atoms with Gasteiger partial charge in [-0.2, -0.15) is 5.10 Å². The van der Waals surface area contributed by atoms with Crippen LogP contribution in [0.2, 0.25) is 0 Å². The summed E-state index contributed by atoms with van der Waals surface area (Å²) in [6, 6.07) is 6.07. The molecule has 0 spiro atoms. The number of amides is 1. The van der Waals surface area contributed by atoms with Gasteiger partial charge in [-0.3, -0.25) is 9.59 Å². The lowest BCUT2D eigenvalue weighted by Crippen LogP contribution is -2.47. The van der Waals surface area contributed by atoms with Gasteiger partial charge in [-0.25, -0.2) is 9.07 Å².